The summed E-state index contributed by atoms with van der Waals surface area (Å²) in [6, 6.07) is 22.9. The van der Waals surface area contributed by atoms with Crippen LogP contribution in [0.2, 0.25) is 0 Å². The Morgan fingerprint density at radius 3 is 2.34 bits per heavy atom. The summed E-state index contributed by atoms with van der Waals surface area (Å²) in [7, 11) is 0. The van der Waals surface area contributed by atoms with Crippen molar-refractivity contribution in [1.82, 2.24) is 19.3 Å². The fourth-order valence-electron chi connectivity index (χ4n) is 3.56. The van der Waals surface area contributed by atoms with E-state index < -0.39 is 0 Å². The lowest BCUT2D eigenvalue weighted by Crippen LogP contribution is -2.27. The first-order valence-electron chi connectivity index (χ1n) is 9.38. The third-order valence-corrected chi connectivity index (χ3v) is 5.04. The Morgan fingerprint density at radius 2 is 1.66 bits per heavy atom. The summed E-state index contributed by atoms with van der Waals surface area (Å²) in [5, 5.41) is 4.90. The number of furan rings is 1. The van der Waals surface area contributed by atoms with Crippen molar-refractivity contribution < 1.29 is 4.42 Å². The van der Waals surface area contributed by atoms with Gasteiger partial charge in [0.25, 0.3) is 5.56 Å². The first-order chi connectivity index (χ1) is 14.2. The van der Waals surface area contributed by atoms with Gasteiger partial charge in [-0.1, -0.05) is 48.5 Å². The third-order valence-electron chi connectivity index (χ3n) is 5.04. The highest BCUT2D eigenvalue weighted by atomic mass is 16.3. The molecule has 3 heterocycles. The second-order valence-corrected chi connectivity index (χ2v) is 6.80. The summed E-state index contributed by atoms with van der Waals surface area (Å²) in [6.07, 6.45) is 3.16. The van der Waals surface area contributed by atoms with Crippen LogP contribution in [0.1, 0.15) is 18.5 Å². The smallest absolute Gasteiger partial charge is 0.265 e. The fourth-order valence-corrected chi connectivity index (χ4v) is 3.56. The van der Waals surface area contributed by atoms with Gasteiger partial charge in [0.15, 0.2) is 17.2 Å². The number of hydrogen-bond acceptors (Lipinski definition) is 4. The predicted octanol–water partition coefficient (Wildman–Crippen LogP) is 4.45. The largest absolute Gasteiger partial charge is 0.461 e. The number of hydrogen-bond donors (Lipinski definition) is 0. The van der Waals surface area contributed by atoms with Crippen LogP contribution in [0.4, 0.5) is 0 Å². The van der Waals surface area contributed by atoms with Gasteiger partial charge >= 0.3 is 0 Å². The minimum absolute atomic E-state index is 0.153. The van der Waals surface area contributed by atoms with Crippen LogP contribution in [-0.4, -0.2) is 19.3 Å². The topological polar surface area (TPSA) is 65.8 Å². The Kier molecular flexibility index (Phi) is 4.09. The van der Waals surface area contributed by atoms with Crippen molar-refractivity contribution >= 4 is 11.0 Å². The van der Waals surface area contributed by atoms with Gasteiger partial charge in [-0.3, -0.25) is 9.36 Å². The van der Waals surface area contributed by atoms with Gasteiger partial charge in [0.1, 0.15) is 5.39 Å². The van der Waals surface area contributed by atoms with E-state index in [1.165, 1.54) is 0 Å². The second kappa shape index (κ2) is 6.91. The van der Waals surface area contributed by atoms with E-state index in [4.69, 9.17) is 9.40 Å². The van der Waals surface area contributed by atoms with Crippen LogP contribution in [0.3, 0.4) is 0 Å². The first-order valence-corrected chi connectivity index (χ1v) is 9.38. The Bertz CT molecular complexity index is 1320. The van der Waals surface area contributed by atoms with E-state index in [1.807, 2.05) is 73.7 Å². The van der Waals surface area contributed by atoms with Gasteiger partial charge in [-0.25, -0.2) is 9.67 Å². The van der Waals surface area contributed by atoms with Crippen LogP contribution in [0.5, 0.6) is 0 Å². The molecule has 0 aliphatic heterocycles. The number of rotatable bonds is 4. The van der Waals surface area contributed by atoms with Crippen molar-refractivity contribution in [3.05, 3.63) is 101 Å². The maximum Gasteiger partial charge on any atom is 0.265 e. The molecule has 2 aromatic carbocycles. The monoisotopic (exact) mass is 382 g/mol. The van der Waals surface area contributed by atoms with Gasteiger partial charge < -0.3 is 4.42 Å². The molecule has 1 unspecified atom stereocenters. The van der Waals surface area contributed by atoms with Crippen molar-refractivity contribution in [3.8, 4) is 17.3 Å². The van der Waals surface area contributed by atoms with Crippen molar-refractivity contribution in [2.45, 2.75) is 13.0 Å². The van der Waals surface area contributed by atoms with Crippen LogP contribution >= 0.6 is 0 Å². The highest BCUT2D eigenvalue weighted by Crippen LogP contribution is 2.26. The standard InChI is InChI=1S/C23H18N4O2/c1-16(17-9-4-2-5-10-17)26-22(20-13-8-14-29-20)25-21-19(23(26)28)15-24-27(21)18-11-6-3-7-12-18/h2-16H,1H3. The van der Waals surface area contributed by atoms with Crippen LogP contribution < -0.4 is 5.56 Å². The molecule has 142 valence electrons. The number of para-hydroxylation sites is 1. The summed E-state index contributed by atoms with van der Waals surface area (Å²) >= 11 is 0. The Labute approximate surface area is 166 Å². The lowest BCUT2D eigenvalue weighted by Gasteiger charge is -2.19. The molecule has 5 aromatic rings. The van der Waals surface area contributed by atoms with Gasteiger partial charge in [-0.05, 0) is 36.8 Å². The molecule has 29 heavy (non-hydrogen) atoms. The number of fused-ring (bicyclic) bond motifs is 1. The molecule has 0 radical (unpaired) electrons. The second-order valence-electron chi connectivity index (χ2n) is 6.80. The lowest BCUT2D eigenvalue weighted by molar-refractivity contribution is 0.551. The van der Waals surface area contributed by atoms with Crippen LogP contribution in [0, 0.1) is 0 Å². The fraction of sp³-hybridized carbons (Fsp3) is 0.0870. The molecular formula is C23H18N4O2. The van der Waals surface area contributed by atoms with E-state index in [9.17, 15) is 4.79 Å². The predicted molar refractivity (Wildman–Crippen MR) is 111 cm³/mol. The molecule has 0 aliphatic rings. The summed E-state index contributed by atoms with van der Waals surface area (Å²) < 4.78 is 8.98. The van der Waals surface area contributed by atoms with Crippen molar-refractivity contribution in [3.63, 3.8) is 0 Å². The molecule has 0 N–H and O–H groups in total. The molecule has 3 aromatic heterocycles. The number of nitrogens with zero attached hydrogens (tertiary/aromatic N) is 4. The average molecular weight is 382 g/mol. The van der Waals surface area contributed by atoms with E-state index in [0.717, 1.165) is 11.3 Å². The summed E-state index contributed by atoms with van der Waals surface area (Å²) in [5.41, 5.74) is 2.21. The molecule has 1 atom stereocenters. The molecule has 0 fully saturated rings. The molecule has 0 spiro atoms. The Hall–Kier alpha value is -3.93. The number of aromatic nitrogens is 4. The summed E-state index contributed by atoms with van der Waals surface area (Å²) in [5.74, 6) is 1.01. The zero-order valence-electron chi connectivity index (χ0n) is 15.8. The molecule has 0 bridgehead atoms. The number of benzene rings is 2. The average Bonchev–Trinajstić information content (AvgIpc) is 3.45. The molecule has 0 saturated heterocycles. The van der Waals surface area contributed by atoms with Crippen molar-refractivity contribution in [2.24, 2.45) is 0 Å². The van der Waals surface area contributed by atoms with E-state index in [0.29, 0.717) is 22.6 Å². The Balaban J connectivity index is 1.80. The van der Waals surface area contributed by atoms with Crippen molar-refractivity contribution in [1.29, 1.82) is 0 Å². The first kappa shape index (κ1) is 17.2. The van der Waals surface area contributed by atoms with E-state index in [-0.39, 0.29) is 11.6 Å². The van der Waals surface area contributed by atoms with Gasteiger partial charge in [0, 0.05) is 0 Å². The lowest BCUT2D eigenvalue weighted by atomic mass is 10.1. The van der Waals surface area contributed by atoms with Crippen LogP contribution in [0.25, 0.3) is 28.3 Å². The zero-order valence-corrected chi connectivity index (χ0v) is 15.8. The quantitative estimate of drug-likeness (QED) is 0.461. The summed E-state index contributed by atoms with van der Waals surface area (Å²) in [4.78, 5) is 18.4. The van der Waals surface area contributed by atoms with E-state index in [1.54, 1.807) is 27.8 Å². The molecule has 0 amide bonds. The summed E-state index contributed by atoms with van der Waals surface area (Å²) in [6.45, 7) is 1.98. The molecule has 6 heteroatoms. The molecule has 6 nitrogen and oxygen atoms in total. The minimum atomic E-state index is -0.222. The minimum Gasteiger partial charge on any atom is -0.461 e. The normalized spacial score (nSPS) is 12.3. The highest BCUT2D eigenvalue weighted by molar-refractivity contribution is 5.77. The van der Waals surface area contributed by atoms with E-state index in [2.05, 4.69) is 5.10 Å². The molecule has 0 aliphatic carbocycles. The van der Waals surface area contributed by atoms with Gasteiger partial charge in [0.2, 0.25) is 0 Å². The molecule has 5 rings (SSSR count). The Morgan fingerprint density at radius 1 is 0.931 bits per heavy atom. The van der Waals surface area contributed by atoms with Gasteiger partial charge in [0.05, 0.1) is 24.2 Å². The van der Waals surface area contributed by atoms with Crippen LogP contribution in [-0.2, 0) is 0 Å². The van der Waals surface area contributed by atoms with Gasteiger partial charge in [-0.15, -0.1) is 0 Å². The molecular weight excluding hydrogens is 364 g/mol. The third kappa shape index (κ3) is 2.86. The SMILES string of the molecule is CC(c1ccccc1)n1c(-c2ccco2)nc2c(cnn2-c2ccccc2)c1=O. The van der Waals surface area contributed by atoms with Crippen molar-refractivity contribution in [2.75, 3.05) is 0 Å². The maximum atomic E-state index is 13.5. The highest BCUT2D eigenvalue weighted by Gasteiger charge is 2.22. The maximum absolute atomic E-state index is 13.5. The van der Waals surface area contributed by atoms with Gasteiger partial charge in [-0.2, -0.15) is 5.10 Å². The molecule has 0 saturated carbocycles. The van der Waals surface area contributed by atoms with Crippen LogP contribution in [0.15, 0.2) is 94.5 Å². The zero-order chi connectivity index (χ0) is 19.8. The van der Waals surface area contributed by atoms with E-state index >= 15 is 0 Å².